The van der Waals surface area contributed by atoms with Gasteiger partial charge in [0.25, 0.3) is 0 Å². The first kappa shape index (κ1) is 18.5. The smallest absolute Gasteiger partial charge is 0.179 e. The lowest BCUT2D eigenvalue weighted by molar-refractivity contribution is 0.444. The monoisotopic (exact) mass is 403 g/mol. The molecule has 7 heteroatoms. The van der Waals surface area contributed by atoms with Crippen molar-refractivity contribution in [3.8, 4) is 0 Å². The van der Waals surface area contributed by atoms with E-state index in [1.807, 2.05) is 29.9 Å². The molecule has 0 saturated carbocycles. The molecule has 142 valence electrons. The third-order valence-corrected chi connectivity index (χ3v) is 5.88. The highest BCUT2D eigenvalue weighted by molar-refractivity contribution is 6.35. The summed E-state index contributed by atoms with van der Waals surface area (Å²) < 4.78 is 1.92. The number of benzene rings is 1. The van der Waals surface area contributed by atoms with Gasteiger partial charge in [-0.05, 0) is 50.3 Å². The zero-order chi connectivity index (χ0) is 19.1. The molecule has 1 saturated heterocycles. The Balaban J connectivity index is 1.77. The molecule has 3 heterocycles. The molecule has 27 heavy (non-hydrogen) atoms. The minimum atomic E-state index is -0.0733. The summed E-state index contributed by atoms with van der Waals surface area (Å²) in [7, 11) is 0. The molecule has 5 nitrogen and oxygen atoms in total. The van der Waals surface area contributed by atoms with Crippen molar-refractivity contribution in [1.82, 2.24) is 19.7 Å². The van der Waals surface area contributed by atoms with E-state index < -0.39 is 0 Å². The topological polar surface area (TPSA) is 46.8 Å². The van der Waals surface area contributed by atoms with Gasteiger partial charge in [-0.15, -0.1) is 0 Å². The van der Waals surface area contributed by atoms with Crippen LogP contribution < -0.4 is 4.90 Å². The van der Waals surface area contributed by atoms with Gasteiger partial charge < -0.3 is 4.90 Å². The van der Waals surface area contributed by atoms with Crippen LogP contribution in [0, 0.1) is 12.8 Å². The van der Waals surface area contributed by atoms with Crippen LogP contribution in [0.4, 0.5) is 5.82 Å². The Kier molecular flexibility index (Phi) is 4.99. The molecule has 0 radical (unpaired) electrons. The van der Waals surface area contributed by atoms with E-state index in [0.29, 0.717) is 16.0 Å². The first-order valence-corrected chi connectivity index (χ1v) is 10.1. The maximum absolute atomic E-state index is 6.43. The van der Waals surface area contributed by atoms with Gasteiger partial charge in [0.05, 0.1) is 17.9 Å². The van der Waals surface area contributed by atoms with Crippen molar-refractivity contribution in [3.63, 3.8) is 0 Å². The Morgan fingerprint density at radius 2 is 2.07 bits per heavy atom. The number of piperidine rings is 1. The molecule has 0 bridgehead atoms. The normalized spacial score (nSPS) is 18.9. The second-order valence-electron chi connectivity index (χ2n) is 7.47. The van der Waals surface area contributed by atoms with Crippen molar-refractivity contribution in [1.29, 1.82) is 0 Å². The fourth-order valence-electron chi connectivity index (χ4n) is 3.83. The Labute approximate surface area is 169 Å². The summed E-state index contributed by atoms with van der Waals surface area (Å²) in [5, 5.41) is 5.97. The van der Waals surface area contributed by atoms with Gasteiger partial charge in [-0.1, -0.05) is 36.2 Å². The molecular weight excluding hydrogens is 381 g/mol. The second kappa shape index (κ2) is 7.28. The van der Waals surface area contributed by atoms with E-state index in [1.54, 1.807) is 6.07 Å². The maximum atomic E-state index is 6.43. The summed E-state index contributed by atoms with van der Waals surface area (Å²) in [6.45, 7) is 8.36. The van der Waals surface area contributed by atoms with Crippen LogP contribution in [0.3, 0.4) is 0 Å². The van der Waals surface area contributed by atoms with Gasteiger partial charge in [-0.25, -0.2) is 14.6 Å². The maximum Gasteiger partial charge on any atom is 0.179 e. The quantitative estimate of drug-likeness (QED) is 0.595. The first-order chi connectivity index (χ1) is 12.9. The molecule has 0 amide bonds. The lowest BCUT2D eigenvalue weighted by Gasteiger charge is -2.31. The van der Waals surface area contributed by atoms with Crippen LogP contribution >= 0.6 is 23.2 Å². The molecule has 2 aromatic heterocycles. The van der Waals surface area contributed by atoms with Gasteiger partial charge in [0.15, 0.2) is 5.65 Å². The summed E-state index contributed by atoms with van der Waals surface area (Å²) in [5.41, 5.74) is 3.46. The Bertz CT molecular complexity index is 984. The third-order valence-electron chi connectivity index (χ3n) is 5.32. The molecule has 1 aliphatic heterocycles. The number of aromatic nitrogens is 4. The van der Waals surface area contributed by atoms with Gasteiger partial charge in [0, 0.05) is 23.1 Å². The summed E-state index contributed by atoms with van der Waals surface area (Å²) in [4.78, 5) is 11.9. The summed E-state index contributed by atoms with van der Waals surface area (Å²) in [6, 6.07) is 5.49. The molecule has 1 fully saturated rings. The van der Waals surface area contributed by atoms with Crippen LogP contribution in [-0.4, -0.2) is 32.8 Å². The average molecular weight is 404 g/mol. The van der Waals surface area contributed by atoms with E-state index in [-0.39, 0.29) is 6.04 Å². The van der Waals surface area contributed by atoms with Crippen molar-refractivity contribution in [2.45, 2.75) is 39.7 Å². The van der Waals surface area contributed by atoms with E-state index in [2.05, 4.69) is 23.7 Å². The molecule has 1 aromatic carbocycles. The van der Waals surface area contributed by atoms with Gasteiger partial charge in [-0.2, -0.15) is 5.10 Å². The minimum absolute atomic E-state index is 0.0733. The zero-order valence-electron chi connectivity index (χ0n) is 15.8. The number of halogens is 2. The van der Waals surface area contributed by atoms with Crippen molar-refractivity contribution in [2.75, 3.05) is 18.0 Å². The van der Waals surface area contributed by atoms with Crippen molar-refractivity contribution >= 4 is 40.2 Å². The number of hydrogen-bond donors (Lipinski definition) is 0. The van der Waals surface area contributed by atoms with Gasteiger partial charge >= 0.3 is 0 Å². The Hall–Kier alpha value is -1.85. The SMILES string of the molecule is Cc1nn([C@H](C)c2ccc(Cl)cc2Cl)c2nc(N3CCC[C@@H](C)C3)cnc12. The van der Waals surface area contributed by atoms with Crippen LogP contribution in [0.25, 0.3) is 11.2 Å². The minimum Gasteiger partial charge on any atom is -0.355 e. The van der Waals surface area contributed by atoms with Crippen LogP contribution in [0.15, 0.2) is 24.4 Å². The first-order valence-electron chi connectivity index (χ1n) is 9.36. The second-order valence-corrected chi connectivity index (χ2v) is 8.31. The molecule has 2 atom stereocenters. The largest absolute Gasteiger partial charge is 0.355 e. The fourth-order valence-corrected chi connectivity index (χ4v) is 4.40. The molecule has 1 aliphatic rings. The van der Waals surface area contributed by atoms with E-state index in [9.17, 15) is 0 Å². The van der Waals surface area contributed by atoms with Crippen LogP contribution in [0.2, 0.25) is 10.0 Å². The predicted molar refractivity (Wildman–Crippen MR) is 111 cm³/mol. The fraction of sp³-hybridized carbons (Fsp3) is 0.450. The van der Waals surface area contributed by atoms with E-state index in [4.69, 9.17) is 33.3 Å². The number of hydrogen-bond acceptors (Lipinski definition) is 4. The predicted octanol–water partition coefficient (Wildman–Crippen LogP) is 5.29. The van der Waals surface area contributed by atoms with Crippen LogP contribution in [-0.2, 0) is 0 Å². The standard InChI is InChI=1S/C20H23Cl2N5/c1-12-5-4-8-26(11-12)18-10-23-19-13(2)25-27(20(19)24-18)14(3)16-7-6-15(21)9-17(16)22/h6-7,9-10,12,14H,4-5,8,11H2,1-3H3/t12-,14-/m1/s1. The average Bonchev–Trinajstić information content (AvgIpc) is 2.97. The van der Waals surface area contributed by atoms with Crippen LogP contribution in [0.1, 0.15) is 44.0 Å². The van der Waals surface area contributed by atoms with Gasteiger partial charge in [0.1, 0.15) is 11.3 Å². The van der Waals surface area contributed by atoms with Crippen LogP contribution in [0.5, 0.6) is 0 Å². The molecule has 0 spiro atoms. The van der Waals surface area contributed by atoms with Gasteiger partial charge in [-0.3, -0.25) is 0 Å². The molecule has 0 unspecified atom stereocenters. The lowest BCUT2D eigenvalue weighted by Crippen LogP contribution is -2.34. The number of anilines is 1. The third kappa shape index (κ3) is 3.50. The molecule has 0 N–H and O–H groups in total. The summed E-state index contributed by atoms with van der Waals surface area (Å²) >= 11 is 12.5. The number of nitrogens with zero attached hydrogens (tertiary/aromatic N) is 5. The highest BCUT2D eigenvalue weighted by atomic mass is 35.5. The number of fused-ring (bicyclic) bond motifs is 1. The Morgan fingerprint density at radius 1 is 1.26 bits per heavy atom. The highest BCUT2D eigenvalue weighted by Crippen LogP contribution is 2.31. The summed E-state index contributed by atoms with van der Waals surface area (Å²) in [6.07, 6.45) is 4.34. The number of aryl methyl sites for hydroxylation is 1. The molecule has 4 rings (SSSR count). The van der Waals surface area contributed by atoms with Gasteiger partial charge in [0.2, 0.25) is 0 Å². The van der Waals surface area contributed by atoms with E-state index in [0.717, 1.165) is 41.3 Å². The molecule has 0 aliphatic carbocycles. The molecule has 3 aromatic rings. The number of rotatable bonds is 3. The van der Waals surface area contributed by atoms with Crippen molar-refractivity contribution in [3.05, 3.63) is 45.7 Å². The van der Waals surface area contributed by atoms with Crippen molar-refractivity contribution < 1.29 is 0 Å². The zero-order valence-corrected chi connectivity index (χ0v) is 17.3. The van der Waals surface area contributed by atoms with Crippen molar-refractivity contribution in [2.24, 2.45) is 5.92 Å². The lowest BCUT2D eigenvalue weighted by atomic mass is 10.0. The van der Waals surface area contributed by atoms with E-state index in [1.165, 1.54) is 12.8 Å². The Morgan fingerprint density at radius 3 is 2.81 bits per heavy atom. The summed E-state index contributed by atoms with van der Waals surface area (Å²) in [5.74, 6) is 1.60. The highest BCUT2D eigenvalue weighted by Gasteiger charge is 2.22. The van der Waals surface area contributed by atoms with E-state index >= 15 is 0 Å². The molecular formula is C20H23Cl2N5.